The number of hydrogen-bond donors (Lipinski definition) is 0. The van der Waals surface area contributed by atoms with Gasteiger partial charge in [0.2, 0.25) is 5.91 Å². The van der Waals surface area contributed by atoms with Crippen LogP contribution in [0.5, 0.6) is 0 Å². The lowest BCUT2D eigenvalue weighted by molar-refractivity contribution is -0.132. The first-order valence-electron chi connectivity index (χ1n) is 13.0. The maximum atomic E-state index is 13.5. The highest BCUT2D eigenvalue weighted by Crippen LogP contribution is 2.36. The molecule has 1 atom stereocenters. The van der Waals surface area contributed by atoms with E-state index in [2.05, 4.69) is 41.9 Å². The zero-order valence-electron chi connectivity index (χ0n) is 22.2. The number of aryl methyl sites for hydroxylation is 3. The second kappa shape index (κ2) is 10.4. The van der Waals surface area contributed by atoms with E-state index in [0.29, 0.717) is 12.3 Å². The minimum absolute atomic E-state index is 0.0600. The van der Waals surface area contributed by atoms with Crippen molar-refractivity contribution in [2.45, 2.75) is 71.9 Å². The number of carbonyl (C=O) groups excluding carboxylic acids is 2. The number of benzene rings is 1. The van der Waals surface area contributed by atoms with Gasteiger partial charge in [-0.25, -0.2) is 0 Å². The molecular formula is C29H40N4O2. The van der Waals surface area contributed by atoms with Crippen molar-refractivity contribution in [2.75, 3.05) is 32.1 Å². The van der Waals surface area contributed by atoms with E-state index in [4.69, 9.17) is 0 Å². The van der Waals surface area contributed by atoms with Gasteiger partial charge in [-0.1, -0.05) is 19.9 Å². The summed E-state index contributed by atoms with van der Waals surface area (Å²) in [6.07, 6.45) is 4.33. The monoisotopic (exact) mass is 476 g/mol. The Morgan fingerprint density at radius 3 is 2.29 bits per heavy atom. The van der Waals surface area contributed by atoms with Crippen LogP contribution in [0.2, 0.25) is 0 Å². The normalized spacial score (nSPS) is 18.0. The molecule has 0 radical (unpaired) electrons. The molecule has 1 aromatic carbocycles. The summed E-state index contributed by atoms with van der Waals surface area (Å²) in [6, 6.07) is 10.7. The smallest absolute Gasteiger partial charge is 0.253 e. The molecule has 188 valence electrons. The fourth-order valence-electron chi connectivity index (χ4n) is 5.66. The minimum Gasteiger partial charge on any atom is -0.371 e. The summed E-state index contributed by atoms with van der Waals surface area (Å²) < 4.78 is 0. The van der Waals surface area contributed by atoms with E-state index < -0.39 is 0 Å². The van der Waals surface area contributed by atoms with Gasteiger partial charge in [0.1, 0.15) is 0 Å². The average molecular weight is 477 g/mol. The summed E-state index contributed by atoms with van der Waals surface area (Å²) in [7, 11) is 3.84. The standard InChI is InChI=1S/C29H40N4O2/c1-19(2)15-28(34)32(6)27-10-9-22-7-8-23(18-26(22)27)29(35)31(5)24-11-13-33(14-12-24)25-16-20(3)30-21(4)17-25/h7-8,16-19,24,27H,9-15H2,1-6H3. The molecule has 6 heteroatoms. The van der Waals surface area contributed by atoms with Gasteiger partial charge in [0.05, 0.1) is 6.04 Å². The van der Waals surface area contributed by atoms with Gasteiger partial charge in [0.15, 0.2) is 0 Å². The molecule has 2 amide bonds. The minimum atomic E-state index is 0.0600. The van der Waals surface area contributed by atoms with Crippen LogP contribution in [0.4, 0.5) is 5.69 Å². The third-order valence-electron chi connectivity index (χ3n) is 7.65. The Hall–Kier alpha value is -2.89. The van der Waals surface area contributed by atoms with Crippen LogP contribution in [-0.4, -0.2) is 59.8 Å². The summed E-state index contributed by atoms with van der Waals surface area (Å²) >= 11 is 0. The lowest BCUT2D eigenvalue weighted by Gasteiger charge is -2.38. The van der Waals surface area contributed by atoms with Crippen molar-refractivity contribution in [3.63, 3.8) is 0 Å². The van der Waals surface area contributed by atoms with Crippen LogP contribution in [-0.2, 0) is 11.2 Å². The van der Waals surface area contributed by atoms with E-state index in [0.717, 1.165) is 61.3 Å². The SMILES string of the molecule is Cc1cc(N2CCC(N(C)C(=O)c3ccc4c(c3)C(N(C)C(=O)CC(C)C)CC4)CC2)cc(C)n1. The highest BCUT2D eigenvalue weighted by molar-refractivity contribution is 5.94. The highest BCUT2D eigenvalue weighted by Gasteiger charge is 2.31. The quantitative estimate of drug-likeness (QED) is 0.593. The number of nitrogens with zero attached hydrogens (tertiary/aromatic N) is 4. The van der Waals surface area contributed by atoms with Crippen molar-refractivity contribution >= 4 is 17.5 Å². The van der Waals surface area contributed by atoms with E-state index in [-0.39, 0.29) is 23.9 Å². The molecule has 1 aliphatic carbocycles. The molecule has 1 fully saturated rings. The van der Waals surface area contributed by atoms with Crippen LogP contribution in [0.3, 0.4) is 0 Å². The Labute approximate surface area is 210 Å². The number of hydrogen-bond acceptors (Lipinski definition) is 4. The van der Waals surface area contributed by atoms with Gasteiger partial charge in [-0.2, -0.15) is 0 Å². The zero-order chi connectivity index (χ0) is 25.3. The van der Waals surface area contributed by atoms with Crippen LogP contribution < -0.4 is 4.90 Å². The number of rotatable bonds is 6. The van der Waals surface area contributed by atoms with Crippen molar-refractivity contribution < 1.29 is 9.59 Å². The van der Waals surface area contributed by atoms with Gasteiger partial charge < -0.3 is 14.7 Å². The van der Waals surface area contributed by atoms with Crippen LogP contribution in [0.15, 0.2) is 30.3 Å². The van der Waals surface area contributed by atoms with Crippen molar-refractivity contribution in [1.29, 1.82) is 0 Å². The maximum Gasteiger partial charge on any atom is 0.253 e. The van der Waals surface area contributed by atoms with E-state index in [1.807, 2.05) is 49.9 Å². The third kappa shape index (κ3) is 5.52. The molecule has 2 aliphatic rings. The lowest BCUT2D eigenvalue weighted by atomic mass is 9.99. The second-order valence-corrected chi connectivity index (χ2v) is 10.8. The largest absolute Gasteiger partial charge is 0.371 e. The molecule has 35 heavy (non-hydrogen) atoms. The Balaban J connectivity index is 1.42. The van der Waals surface area contributed by atoms with Gasteiger partial charge in [-0.3, -0.25) is 14.6 Å². The molecule has 0 saturated carbocycles. The predicted octanol–water partition coefficient (Wildman–Crippen LogP) is 4.93. The Morgan fingerprint density at radius 2 is 1.66 bits per heavy atom. The van der Waals surface area contributed by atoms with Crippen molar-refractivity contribution in [3.05, 3.63) is 58.4 Å². The van der Waals surface area contributed by atoms with Crippen LogP contribution in [0, 0.1) is 19.8 Å². The van der Waals surface area contributed by atoms with E-state index in [1.54, 1.807) is 0 Å². The van der Waals surface area contributed by atoms with E-state index in [1.165, 1.54) is 11.3 Å². The molecular weight excluding hydrogens is 436 g/mol. The van der Waals surface area contributed by atoms with Gasteiger partial charge in [0.25, 0.3) is 5.91 Å². The summed E-state index contributed by atoms with van der Waals surface area (Å²) in [5.41, 5.74) is 6.44. The summed E-state index contributed by atoms with van der Waals surface area (Å²) in [5, 5.41) is 0. The number of piperidine rings is 1. The molecule has 2 aromatic rings. The molecule has 0 bridgehead atoms. The number of aromatic nitrogens is 1. The molecule has 4 rings (SSSR count). The molecule has 0 N–H and O–H groups in total. The molecule has 1 aromatic heterocycles. The predicted molar refractivity (Wildman–Crippen MR) is 141 cm³/mol. The zero-order valence-corrected chi connectivity index (χ0v) is 22.2. The first kappa shape index (κ1) is 25.2. The molecule has 2 heterocycles. The topological polar surface area (TPSA) is 56.8 Å². The molecule has 0 spiro atoms. The first-order valence-corrected chi connectivity index (χ1v) is 13.0. The van der Waals surface area contributed by atoms with Crippen molar-refractivity contribution in [2.24, 2.45) is 5.92 Å². The van der Waals surface area contributed by atoms with Crippen LogP contribution in [0.25, 0.3) is 0 Å². The number of amides is 2. The summed E-state index contributed by atoms with van der Waals surface area (Å²) in [5.74, 6) is 0.590. The van der Waals surface area contributed by atoms with Gasteiger partial charge >= 0.3 is 0 Å². The van der Waals surface area contributed by atoms with Gasteiger partial charge in [0, 0.05) is 62.3 Å². The summed E-state index contributed by atoms with van der Waals surface area (Å²) in [6.45, 7) is 10.1. The number of fused-ring (bicyclic) bond motifs is 1. The fourth-order valence-corrected chi connectivity index (χ4v) is 5.66. The molecule has 1 unspecified atom stereocenters. The molecule has 1 aliphatic heterocycles. The van der Waals surface area contributed by atoms with Crippen molar-refractivity contribution in [1.82, 2.24) is 14.8 Å². The Morgan fingerprint density at radius 1 is 1.00 bits per heavy atom. The van der Waals surface area contributed by atoms with Gasteiger partial charge in [-0.15, -0.1) is 0 Å². The number of carbonyl (C=O) groups is 2. The fraction of sp³-hybridized carbons (Fsp3) is 0.552. The Kier molecular flexibility index (Phi) is 7.48. The van der Waals surface area contributed by atoms with Gasteiger partial charge in [-0.05, 0) is 80.8 Å². The maximum absolute atomic E-state index is 13.5. The first-order chi connectivity index (χ1) is 16.6. The molecule has 6 nitrogen and oxygen atoms in total. The Bertz CT molecular complexity index is 1070. The molecule has 1 saturated heterocycles. The third-order valence-corrected chi connectivity index (χ3v) is 7.65. The summed E-state index contributed by atoms with van der Waals surface area (Å²) in [4.78, 5) is 36.9. The van der Waals surface area contributed by atoms with E-state index >= 15 is 0 Å². The van der Waals surface area contributed by atoms with Crippen LogP contribution in [0.1, 0.15) is 78.4 Å². The lowest BCUT2D eigenvalue weighted by Crippen LogP contribution is -2.45. The number of pyridine rings is 1. The van der Waals surface area contributed by atoms with Crippen molar-refractivity contribution in [3.8, 4) is 0 Å². The number of anilines is 1. The van der Waals surface area contributed by atoms with Crippen LogP contribution >= 0.6 is 0 Å². The van der Waals surface area contributed by atoms with E-state index in [9.17, 15) is 9.59 Å². The second-order valence-electron chi connectivity index (χ2n) is 10.8. The highest BCUT2D eigenvalue weighted by atomic mass is 16.2. The average Bonchev–Trinajstić information content (AvgIpc) is 3.25.